The van der Waals surface area contributed by atoms with Crippen molar-refractivity contribution in [3.8, 4) is 0 Å². The molecule has 2 fully saturated rings. The van der Waals surface area contributed by atoms with Crippen LogP contribution in [0.2, 0.25) is 5.02 Å². The molecule has 8 nitrogen and oxygen atoms in total. The van der Waals surface area contributed by atoms with Gasteiger partial charge in [0.05, 0.1) is 22.8 Å². The van der Waals surface area contributed by atoms with Crippen LogP contribution in [0, 0.1) is 11.8 Å². The molecule has 2 atom stereocenters. The molecule has 2 saturated heterocycles. The normalized spacial score (nSPS) is 22.6. The molecule has 2 aliphatic heterocycles. The minimum Gasteiger partial charge on any atom is -0.397 e. The topological polar surface area (TPSA) is 114 Å². The largest absolute Gasteiger partial charge is 0.397 e. The van der Waals surface area contributed by atoms with Crippen molar-refractivity contribution in [1.29, 1.82) is 0 Å². The summed E-state index contributed by atoms with van der Waals surface area (Å²) < 4.78 is 19.1. The molecule has 1 aromatic heterocycles. The first kappa shape index (κ1) is 23.2. The number of carbonyl (C=O) groups is 1. The lowest BCUT2D eigenvalue weighted by Crippen LogP contribution is -2.30. The number of nitrogens with zero attached hydrogens (tertiary/aromatic N) is 2. The Balaban J connectivity index is 1.56. The van der Waals surface area contributed by atoms with Crippen molar-refractivity contribution >= 4 is 35.2 Å². The minimum absolute atomic E-state index is 0.167. The Hall–Kier alpha value is -2.49. The van der Waals surface area contributed by atoms with E-state index in [1.54, 1.807) is 6.21 Å². The molecule has 0 aromatic carbocycles. The predicted octanol–water partition coefficient (Wildman–Crippen LogP) is 2.09. The van der Waals surface area contributed by atoms with Gasteiger partial charge < -0.3 is 26.4 Å². The number of nitrogens with two attached hydrogens (primary N) is 1. The highest BCUT2D eigenvalue weighted by molar-refractivity contribution is 6.32. The van der Waals surface area contributed by atoms with Gasteiger partial charge in [0.2, 0.25) is 5.91 Å². The van der Waals surface area contributed by atoms with Gasteiger partial charge in [0.1, 0.15) is 12.0 Å². The number of aliphatic imine (C=N–C) groups is 1. The van der Waals surface area contributed by atoms with Crippen molar-refractivity contribution in [1.82, 2.24) is 15.6 Å². The molecular formula is C21H28ClFN6O2. The summed E-state index contributed by atoms with van der Waals surface area (Å²) in [6.07, 6.45) is 5.26. The number of carbonyl (C=O) groups excluding carboxylic acids is 1. The number of nitrogens with one attached hydrogen (secondary N) is 3. The van der Waals surface area contributed by atoms with Gasteiger partial charge in [0.15, 0.2) is 0 Å². The standard InChI is InChI=1S/C21H28ClFN6O2/c1-13(27-8-14-2-4-31-5-3-14)7-25-12-19(24)15-6-20(28-10-17(15)22)29-21(30)16-9-26-11-18(16)23/h6-7,10,12,14,16,18,26-27H,1-5,8-9,11,24H2,(H,28,29,30)/b19-12-,25-7?/t16-,18+/m0/s1. The summed E-state index contributed by atoms with van der Waals surface area (Å²) in [5.41, 5.74) is 7.54. The number of rotatable bonds is 8. The fourth-order valence-corrected chi connectivity index (χ4v) is 3.61. The zero-order valence-electron chi connectivity index (χ0n) is 17.2. The number of pyridine rings is 1. The molecule has 0 radical (unpaired) electrons. The van der Waals surface area contributed by atoms with Crippen molar-refractivity contribution in [2.75, 3.05) is 38.2 Å². The number of amides is 1. The van der Waals surface area contributed by atoms with Crippen LogP contribution in [0.4, 0.5) is 10.2 Å². The van der Waals surface area contributed by atoms with Crippen LogP contribution in [0.3, 0.4) is 0 Å². The highest BCUT2D eigenvalue weighted by Crippen LogP contribution is 2.24. The van der Waals surface area contributed by atoms with Crippen molar-refractivity contribution in [3.05, 3.63) is 41.3 Å². The number of hydrogen-bond donors (Lipinski definition) is 4. The molecule has 2 aliphatic rings. The molecule has 5 N–H and O–H groups in total. The molecule has 0 saturated carbocycles. The lowest BCUT2D eigenvalue weighted by atomic mass is 10.0. The summed E-state index contributed by atoms with van der Waals surface area (Å²) >= 11 is 6.20. The van der Waals surface area contributed by atoms with Crippen LogP contribution in [0.5, 0.6) is 0 Å². The van der Waals surface area contributed by atoms with E-state index in [0.29, 0.717) is 27.9 Å². The number of hydrogen-bond acceptors (Lipinski definition) is 7. The van der Waals surface area contributed by atoms with E-state index in [1.165, 1.54) is 18.5 Å². The van der Waals surface area contributed by atoms with Gasteiger partial charge in [0, 0.05) is 56.5 Å². The van der Waals surface area contributed by atoms with Crippen molar-refractivity contribution < 1.29 is 13.9 Å². The molecule has 3 rings (SSSR count). The lowest BCUT2D eigenvalue weighted by molar-refractivity contribution is -0.120. The first-order chi connectivity index (χ1) is 14.9. The van der Waals surface area contributed by atoms with E-state index in [-0.39, 0.29) is 18.9 Å². The summed E-state index contributed by atoms with van der Waals surface area (Å²) in [4.78, 5) is 20.5. The molecule has 10 heteroatoms. The fraction of sp³-hybridized carbons (Fsp3) is 0.476. The van der Waals surface area contributed by atoms with Crippen LogP contribution < -0.4 is 21.7 Å². The second-order valence-corrected chi connectivity index (χ2v) is 8.05. The Morgan fingerprint density at radius 2 is 2.23 bits per heavy atom. The molecule has 31 heavy (non-hydrogen) atoms. The van der Waals surface area contributed by atoms with E-state index in [9.17, 15) is 9.18 Å². The molecule has 3 heterocycles. The van der Waals surface area contributed by atoms with Crippen LogP contribution >= 0.6 is 11.6 Å². The van der Waals surface area contributed by atoms with Gasteiger partial charge in [-0.15, -0.1) is 0 Å². The monoisotopic (exact) mass is 450 g/mol. The van der Waals surface area contributed by atoms with Crippen LogP contribution in [0.15, 0.2) is 35.7 Å². The SMILES string of the molecule is C=C(C=N/C=C(\N)c1cc(NC(=O)[C@H]2CNC[C@H]2F)ncc1Cl)NCC1CCOCC1. The van der Waals surface area contributed by atoms with Gasteiger partial charge >= 0.3 is 0 Å². The van der Waals surface area contributed by atoms with E-state index in [0.717, 1.165) is 32.6 Å². The second kappa shape index (κ2) is 11.2. The van der Waals surface area contributed by atoms with Gasteiger partial charge in [-0.25, -0.2) is 9.37 Å². The van der Waals surface area contributed by atoms with Gasteiger partial charge in [0.25, 0.3) is 0 Å². The highest BCUT2D eigenvalue weighted by atomic mass is 35.5. The van der Waals surface area contributed by atoms with Crippen molar-refractivity contribution in [2.24, 2.45) is 22.6 Å². The number of aromatic nitrogens is 1. The molecular weight excluding hydrogens is 423 g/mol. The summed E-state index contributed by atoms with van der Waals surface area (Å²) in [7, 11) is 0. The van der Waals surface area contributed by atoms with E-state index >= 15 is 0 Å². The third-order valence-electron chi connectivity index (χ3n) is 5.30. The molecule has 168 valence electrons. The van der Waals surface area contributed by atoms with E-state index in [4.69, 9.17) is 22.1 Å². The van der Waals surface area contributed by atoms with Gasteiger partial charge in [-0.05, 0) is 24.8 Å². The Bertz CT molecular complexity index is 856. The van der Waals surface area contributed by atoms with Crippen molar-refractivity contribution in [3.63, 3.8) is 0 Å². The van der Waals surface area contributed by atoms with Gasteiger partial charge in [-0.2, -0.15) is 0 Å². The summed E-state index contributed by atoms with van der Waals surface area (Å²) in [6.45, 7) is 6.81. The average Bonchev–Trinajstić information content (AvgIpc) is 3.20. The number of alkyl halides is 1. The van der Waals surface area contributed by atoms with E-state index in [2.05, 4.69) is 32.5 Å². The number of ether oxygens (including phenoxy) is 1. The fourth-order valence-electron chi connectivity index (χ4n) is 3.40. The Kier molecular flexibility index (Phi) is 8.39. The summed E-state index contributed by atoms with van der Waals surface area (Å²) in [5.74, 6) is -0.383. The molecule has 1 aromatic rings. The van der Waals surface area contributed by atoms with Crippen LogP contribution in [0.1, 0.15) is 18.4 Å². The Morgan fingerprint density at radius 1 is 1.45 bits per heavy atom. The highest BCUT2D eigenvalue weighted by Gasteiger charge is 2.33. The smallest absolute Gasteiger partial charge is 0.232 e. The molecule has 0 spiro atoms. The summed E-state index contributed by atoms with van der Waals surface area (Å²) in [5, 5.41) is 9.02. The Morgan fingerprint density at radius 3 is 2.94 bits per heavy atom. The van der Waals surface area contributed by atoms with Crippen molar-refractivity contribution in [2.45, 2.75) is 19.0 Å². The number of allylic oxidation sites excluding steroid dienone is 1. The quantitative estimate of drug-likeness (QED) is 0.451. The lowest BCUT2D eigenvalue weighted by Gasteiger charge is -2.22. The van der Waals surface area contributed by atoms with E-state index in [1.807, 2.05) is 0 Å². The van der Waals surface area contributed by atoms with Crippen LogP contribution in [-0.2, 0) is 9.53 Å². The average molecular weight is 451 g/mol. The molecule has 1 amide bonds. The first-order valence-corrected chi connectivity index (χ1v) is 10.6. The number of anilines is 1. The third kappa shape index (κ3) is 6.75. The molecule has 0 bridgehead atoms. The first-order valence-electron chi connectivity index (χ1n) is 10.2. The maximum Gasteiger partial charge on any atom is 0.232 e. The van der Waals surface area contributed by atoms with Crippen LogP contribution in [0.25, 0.3) is 5.70 Å². The Labute approximate surface area is 186 Å². The van der Waals surface area contributed by atoms with E-state index < -0.39 is 18.0 Å². The second-order valence-electron chi connectivity index (χ2n) is 7.64. The number of halogens is 2. The van der Waals surface area contributed by atoms with Crippen LogP contribution in [-0.4, -0.2) is 56.1 Å². The minimum atomic E-state index is -1.22. The molecule has 0 unspecified atom stereocenters. The maximum atomic E-state index is 13.8. The predicted molar refractivity (Wildman–Crippen MR) is 120 cm³/mol. The van der Waals surface area contributed by atoms with Gasteiger partial charge in [-0.3, -0.25) is 9.79 Å². The third-order valence-corrected chi connectivity index (χ3v) is 5.60. The molecule has 0 aliphatic carbocycles. The zero-order valence-corrected chi connectivity index (χ0v) is 18.0. The van der Waals surface area contributed by atoms with Gasteiger partial charge in [-0.1, -0.05) is 18.2 Å². The maximum absolute atomic E-state index is 13.8. The zero-order chi connectivity index (χ0) is 22.2. The summed E-state index contributed by atoms with van der Waals surface area (Å²) in [6, 6.07) is 1.54.